The summed E-state index contributed by atoms with van der Waals surface area (Å²) in [5.74, 6) is 0.748. The smallest absolute Gasteiger partial charge is 0.0121 e. The van der Waals surface area contributed by atoms with Gasteiger partial charge in [0.1, 0.15) is 0 Å². The lowest BCUT2D eigenvalue weighted by molar-refractivity contribution is 0.516. The van der Waals surface area contributed by atoms with Crippen LogP contribution in [0.15, 0.2) is 24.3 Å². The van der Waals surface area contributed by atoms with Crippen LogP contribution in [0.1, 0.15) is 29.9 Å². The van der Waals surface area contributed by atoms with Gasteiger partial charge < -0.3 is 5.32 Å². The molecule has 15 heavy (non-hydrogen) atoms. The highest BCUT2D eigenvalue weighted by atomic mass is 127. The average molecular weight is 315 g/mol. The van der Waals surface area contributed by atoms with E-state index >= 15 is 0 Å². The predicted molar refractivity (Wildman–Crippen MR) is 73.9 cm³/mol. The summed E-state index contributed by atoms with van der Waals surface area (Å²) in [5, 5.41) is 3.54. The SMILES string of the molecule is ICCNCC1CCCc2ccccc21. The van der Waals surface area contributed by atoms with Gasteiger partial charge in [-0.1, -0.05) is 46.9 Å². The van der Waals surface area contributed by atoms with Gasteiger partial charge in [0.25, 0.3) is 0 Å². The lowest BCUT2D eigenvalue weighted by Crippen LogP contribution is -2.25. The largest absolute Gasteiger partial charge is 0.315 e. The second-order valence-electron chi connectivity index (χ2n) is 4.18. The summed E-state index contributed by atoms with van der Waals surface area (Å²) >= 11 is 2.42. The number of halogens is 1. The molecule has 0 bridgehead atoms. The van der Waals surface area contributed by atoms with Crippen molar-refractivity contribution < 1.29 is 0 Å². The van der Waals surface area contributed by atoms with E-state index in [4.69, 9.17) is 0 Å². The molecule has 0 heterocycles. The van der Waals surface area contributed by atoms with Crippen LogP contribution in [0.3, 0.4) is 0 Å². The zero-order chi connectivity index (χ0) is 10.5. The van der Waals surface area contributed by atoms with E-state index in [-0.39, 0.29) is 0 Å². The molecule has 1 aromatic rings. The Morgan fingerprint density at radius 3 is 3.07 bits per heavy atom. The summed E-state index contributed by atoms with van der Waals surface area (Å²) in [5.41, 5.74) is 3.16. The predicted octanol–water partition coefficient (Wildman–Crippen LogP) is 3.13. The van der Waals surface area contributed by atoms with Gasteiger partial charge in [-0.15, -0.1) is 0 Å². The number of benzene rings is 1. The standard InChI is InChI=1S/C13H18IN/c14-8-9-15-10-12-6-3-5-11-4-1-2-7-13(11)12/h1-2,4,7,12,15H,3,5-6,8-10H2. The zero-order valence-electron chi connectivity index (χ0n) is 9.01. The van der Waals surface area contributed by atoms with Gasteiger partial charge in [-0.05, 0) is 36.3 Å². The monoisotopic (exact) mass is 315 g/mol. The molecule has 1 nitrogen and oxygen atoms in total. The van der Waals surface area contributed by atoms with E-state index in [2.05, 4.69) is 52.2 Å². The fraction of sp³-hybridized carbons (Fsp3) is 0.538. The van der Waals surface area contributed by atoms with Gasteiger partial charge >= 0.3 is 0 Å². The molecule has 0 radical (unpaired) electrons. The molecule has 1 aliphatic carbocycles. The lowest BCUT2D eigenvalue weighted by Gasteiger charge is -2.25. The normalized spacial score (nSPS) is 19.9. The minimum Gasteiger partial charge on any atom is -0.315 e. The zero-order valence-corrected chi connectivity index (χ0v) is 11.2. The summed E-state index contributed by atoms with van der Waals surface area (Å²) in [4.78, 5) is 0. The van der Waals surface area contributed by atoms with Crippen molar-refractivity contribution in [2.75, 3.05) is 17.5 Å². The molecule has 82 valence electrons. The summed E-state index contributed by atoms with van der Waals surface area (Å²) in [6.07, 6.45) is 3.98. The fourth-order valence-electron chi connectivity index (χ4n) is 2.41. The highest BCUT2D eigenvalue weighted by Crippen LogP contribution is 2.30. The van der Waals surface area contributed by atoms with E-state index < -0.39 is 0 Å². The molecule has 1 aromatic carbocycles. The third-order valence-corrected chi connectivity index (χ3v) is 3.70. The summed E-state index contributed by atoms with van der Waals surface area (Å²) in [6.45, 7) is 2.29. The van der Waals surface area contributed by atoms with Crippen molar-refractivity contribution in [2.45, 2.75) is 25.2 Å². The highest BCUT2D eigenvalue weighted by molar-refractivity contribution is 14.1. The van der Waals surface area contributed by atoms with Crippen molar-refractivity contribution in [3.63, 3.8) is 0 Å². The second-order valence-corrected chi connectivity index (χ2v) is 5.26. The molecule has 1 unspecified atom stereocenters. The third-order valence-electron chi connectivity index (χ3n) is 3.16. The molecule has 0 aromatic heterocycles. The van der Waals surface area contributed by atoms with Crippen LogP contribution >= 0.6 is 22.6 Å². The maximum Gasteiger partial charge on any atom is 0.0121 e. The van der Waals surface area contributed by atoms with Crippen LogP contribution in [0, 0.1) is 0 Å². The van der Waals surface area contributed by atoms with Crippen molar-refractivity contribution in [3.8, 4) is 0 Å². The molecule has 2 rings (SSSR count). The van der Waals surface area contributed by atoms with Crippen molar-refractivity contribution in [1.29, 1.82) is 0 Å². The Morgan fingerprint density at radius 2 is 2.20 bits per heavy atom. The van der Waals surface area contributed by atoms with Gasteiger partial charge in [-0.2, -0.15) is 0 Å². The van der Waals surface area contributed by atoms with E-state index in [0.717, 1.165) is 19.0 Å². The Morgan fingerprint density at radius 1 is 1.33 bits per heavy atom. The third kappa shape index (κ3) is 2.94. The molecular formula is C13H18IN. The molecule has 0 saturated carbocycles. The number of fused-ring (bicyclic) bond motifs is 1. The topological polar surface area (TPSA) is 12.0 Å². The molecule has 1 N–H and O–H groups in total. The summed E-state index contributed by atoms with van der Waals surface area (Å²) < 4.78 is 1.20. The molecule has 0 amide bonds. The number of alkyl halides is 1. The second kappa shape index (κ2) is 5.85. The minimum absolute atomic E-state index is 0.748. The van der Waals surface area contributed by atoms with Gasteiger partial charge in [-0.25, -0.2) is 0 Å². The Labute approximate surface area is 106 Å². The number of nitrogens with one attached hydrogen (secondary N) is 1. The van der Waals surface area contributed by atoms with E-state index in [9.17, 15) is 0 Å². The summed E-state index contributed by atoms with van der Waals surface area (Å²) in [7, 11) is 0. The van der Waals surface area contributed by atoms with Crippen LogP contribution in [0.25, 0.3) is 0 Å². The van der Waals surface area contributed by atoms with E-state index in [0.29, 0.717) is 0 Å². The molecule has 2 heteroatoms. The Hall–Kier alpha value is -0.0900. The van der Waals surface area contributed by atoms with Gasteiger partial charge in [0, 0.05) is 17.5 Å². The number of aryl methyl sites for hydroxylation is 1. The number of hydrogen-bond acceptors (Lipinski definition) is 1. The lowest BCUT2D eigenvalue weighted by atomic mass is 9.83. The van der Waals surface area contributed by atoms with E-state index in [1.165, 1.54) is 23.7 Å². The van der Waals surface area contributed by atoms with Gasteiger partial charge in [0.15, 0.2) is 0 Å². The molecule has 1 aliphatic rings. The molecule has 0 aliphatic heterocycles. The van der Waals surface area contributed by atoms with E-state index in [1.54, 1.807) is 11.1 Å². The fourth-order valence-corrected chi connectivity index (χ4v) is 2.79. The maximum absolute atomic E-state index is 3.54. The van der Waals surface area contributed by atoms with Crippen LogP contribution < -0.4 is 5.32 Å². The molecular weight excluding hydrogens is 297 g/mol. The van der Waals surface area contributed by atoms with Crippen LogP contribution in [0.5, 0.6) is 0 Å². The quantitative estimate of drug-likeness (QED) is 0.511. The van der Waals surface area contributed by atoms with Crippen LogP contribution in [-0.4, -0.2) is 17.5 Å². The first-order valence-corrected chi connectivity index (χ1v) is 7.29. The number of hydrogen-bond donors (Lipinski definition) is 1. The Kier molecular flexibility index (Phi) is 4.44. The number of rotatable bonds is 4. The van der Waals surface area contributed by atoms with Gasteiger partial charge in [-0.3, -0.25) is 0 Å². The maximum atomic E-state index is 3.54. The molecule has 1 atom stereocenters. The first kappa shape index (κ1) is 11.4. The molecule has 0 spiro atoms. The van der Waals surface area contributed by atoms with Crippen molar-refractivity contribution in [3.05, 3.63) is 35.4 Å². The average Bonchev–Trinajstić information content (AvgIpc) is 2.30. The van der Waals surface area contributed by atoms with Gasteiger partial charge in [0.2, 0.25) is 0 Å². The van der Waals surface area contributed by atoms with Crippen LogP contribution in [0.2, 0.25) is 0 Å². The first-order chi connectivity index (χ1) is 7.42. The van der Waals surface area contributed by atoms with Gasteiger partial charge in [0.05, 0.1) is 0 Å². The highest BCUT2D eigenvalue weighted by Gasteiger charge is 2.18. The van der Waals surface area contributed by atoms with Crippen LogP contribution in [-0.2, 0) is 6.42 Å². The summed E-state index contributed by atoms with van der Waals surface area (Å²) in [6, 6.07) is 8.94. The molecule has 0 fully saturated rings. The Bertz CT molecular complexity index is 311. The first-order valence-electron chi connectivity index (χ1n) is 5.76. The van der Waals surface area contributed by atoms with E-state index in [1.807, 2.05) is 0 Å². The van der Waals surface area contributed by atoms with Crippen molar-refractivity contribution in [2.24, 2.45) is 0 Å². The molecule has 0 saturated heterocycles. The van der Waals surface area contributed by atoms with Crippen molar-refractivity contribution in [1.82, 2.24) is 5.32 Å². The van der Waals surface area contributed by atoms with Crippen LogP contribution in [0.4, 0.5) is 0 Å². The van der Waals surface area contributed by atoms with Crippen molar-refractivity contribution >= 4 is 22.6 Å². The Balaban J connectivity index is 2.02. The minimum atomic E-state index is 0.748.